The number of pyridine rings is 4. The van der Waals surface area contributed by atoms with Crippen LogP contribution in [0.25, 0.3) is 44.9 Å². The first-order chi connectivity index (χ1) is 42.9. The maximum absolute atomic E-state index is 13.2. The lowest BCUT2D eigenvalue weighted by molar-refractivity contribution is -0.144. The number of carboxylic acids is 1. The van der Waals surface area contributed by atoms with Crippen molar-refractivity contribution in [2.24, 2.45) is 4.99 Å². The van der Waals surface area contributed by atoms with Gasteiger partial charge in [-0.3, -0.25) is 29.2 Å². The van der Waals surface area contributed by atoms with Gasteiger partial charge in [-0.05, 0) is 137 Å². The normalized spacial score (nSPS) is 12.4. The van der Waals surface area contributed by atoms with Gasteiger partial charge in [0.2, 0.25) is 5.91 Å². The van der Waals surface area contributed by atoms with E-state index in [4.69, 9.17) is 9.84 Å². The van der Waals surface area contributed by atoms with E-state index in [0.29, 0.717) is 47.5 Å². The fraction of sp³-hybridized carbons (Fsp3) is 0.246. The summed E-state index contributed by atoms with van der Waals surface area (Å²) in [7, 11) is 0. The van der Waals surface area contributed by atoms with E-state index in [9.17, 15) is 28.0 Å². The molecule has 3 aliphatic rings. The lowest BCUT2D eigenvalue weighted by Gasteiger charge is -2.27. The highest BCUT2D eigenvalue weighted by molar-refractivity contribution is 9.09. The highest BCUT2D eigenvalue weighted by atomic mass is 79.9. The Morgan fingerprint density at radius 3 is 1.66 bits per heavy atom. The molecule has 1 amide bonds. The number of nitrogens with zero attached hydrogens (tertiary/aromatic N) is 16. The van der Waals surface area contributed by atoms with Gasteiger partial charge in [-0.15, -0.1) is 0 Å². The van der Waals surface area contributed by atoms with E-state index in [1.165, 1.54) is 40.9 Å². The zero-order chi connectivity index (χ0) is 61.8. The molecule has 0 bridgehead atoms. The van der Waals surface area contributed by atoms with Crippen LogP contribution in [0.2, 0.25) is 0 Å². The number of halogens is 3. The van der Waals surface area contributed by atoms with Gasteiger partial charge in [-0.2, -0.15) is 10.2 Å². The smallest absolute Gasteiger partial charge is 0.326 e. The molecule has 2 aromatic carbocycles. The Bertz CT molecular complexity index is 4170. The fourth-order valence-electron chi connectivity index (χ4n) is 9.35. The van der Waals surface area contributed by atoms with E-state index in [2.05, 4.69) is 76.1 Å². The van der Waals surface area contributed by atoms with Gasteiger partial charge < -0.3 is 38.5 Å². The SMILES string of the molecule is C1=Nc2cccnc2C1.CCOC(=O)CBr.CCOC(=O)Cn1cnc2cccnc21.Fc1ccc(-n2ncc3c2CCCN3)cc1.O=C(Cn1cnc2cccnc21)N1CCCc2c1cnn2-c1ccc(F)cc1.O=C(O)Cn1cnc2cccnc21. The summed E-state index contributed by atoms with van der Waals surface area (Å²) in [5, 5.41) is 20.9. The van der Waals surface area contributed by atoms with E-state index in [1.807, 2.05) is 53.5 Å². The van der Waals surface area contributed by atoms with Crippen LogP contribution in [-0.4, -0.2) is 135 Å². The number of rotatable bonds is 11. The van der Waals surface area contributed by atoms with Gasteiger partial charge >= 0.3 is 17.9 Å². The van der Waals surface area contributed by atoms with Gasteiger partial charge in [0.1, 0.15) is 53.1 Å². The number of benzene rings is 2. The van der Waals surface area contributed by atoms with Crippen LogP contribution in [0.5, 0.6) is 0 Å². The van der Waals surface area contributed by atoms with Crippen LogP contribution in [0.3, 0.4) is 0 Å². The number of carboxylic acid groups (broad SMARTS) is 1. The summed E-state index contributed by atoms with van der Waals surface area (Å²) in [5.41, 5.74) is 12.1. The summed E-state index contributed by atoms with van der Waals surface area (Å²) in [6.07, 6.45) is 21.6. The molecule has 0 fully saturated rings. The number of aliphatic carboxylic acids is 1. The number of carbonyl (C=O) groups is 4. The first-order valence-electron chi connectivity index (χ1n) is 27.9. The number of amides is 1. The summed E-state index contributed by atoms with van der Waals surface area (Å²) < 4.78 is 44.0. The van der Waals surface area contributed by atoms with Crippen molar-refractivity contribution >= 4 is 96.5 Å². The Kier molecular flexibility index (Phi) is 21.6. The molecule has 24 nitrogen and oxygen atoms in total. The molecular formula is C61H60BrF2N17O7. The lowest BCUT2D eigenvalue weighted by Crippen LogP contribution is -2.37. The molecule has 2 N–H and O–H groups in total. The van der Waals surface area contributed by atoms with E-state index in [1.54, 1.807) is 113 Å². The van der Waals surface area contributed by atoms with Crippen molar-refractivity contribution in [3.63, 3.8) is 0 Å². The van der Waals surface area contributed by atoms with Gasteiger partial charge in [0, 0.05) is 50.5 Å². The number of alkyl halides is 1. The maximum atomic E-state index is 13.2. The van der Waals surface area contributed by atoms with Crippen molar-refractivity contribution in [3.8, 4) is 11.4 Å². The molecule has 0 aliphatic carbocycles. The van der Waals surface area contributed by atoms with E-state index < -0.39 is 5.97 Å². The van der Waals surface area contributed by atoms with Crippen LogP contribution >= 0.6 is 15.9 Å². The largest absolute Gasteiger partial charge is 0.480 e. The summed E-state index contributed by atoms with van der Waals surface area (Å²) in [6, 6.07) is 27.4. The number of ether oxygens (including phenoxy) is 2. The van der Waals surface area contributed by atoms with Gasteiger partial charge in [-0.25, -0.2) is 48.0 Å². The predicted octanol–water partition coefficient (Wildman–Crippen LogP) is 8.90. The minimum atomic E-state index is -0.898. The summed E-state index contributed by atoms with van der Waals surface area (Å²) in [6.45, 7) is 6.26. The second-order valence-corrected chi connectivity index (χ2v) is 19.8. The molecular weight excluding hydrogens is 1200 g/mol. The third kappa shape index (κ3) is 16.1. The van der Waals surface area contributed by atoms with E-state index in [0.717, 1.165) is 89.5 Å². The summed E-state index contributed by atoms with van der Waals surface area (Å²) in [5.74, 6) is -1.93. The Labute approximate surface area is 510 Å². The monoisotopic (exact) mass is 1260 g/mol. The molecule has 9 aromatic heterocycles. The standard InChI is InChI=1S/C20H17FN6O.C12H12FN3.C10H11N3O2.C8H7N3O2.C7H6N2.C4H7BrO2/c21-14-5-7-15(8-6-14)27-17-4-2-10-26(18(17)11-24-27)19(28)12-25-13-23-16-3-1-9-22-20(16)25;13-9-3-5-10(6-4-9)16-12-2-1-7-14-11(12)8-15-16;1-2-15-9(14)6-13-7-12-8-4-3-5-11-10(8)13;12-7(13)4-11-5-10-6-2-1-3-9-8(6)11;1-2-6-7(8-4-1)3-5-9-6;1-2-7-4(6)3-5/h1,3,5-9,11,13H,2,4,10,12H2;3-6,8,14H,1-2,7H2;3-5,7H,2,6H2,1H3;1-3,5H,4H2,(H,12,13);1-2,4-5H,3H2;2-3H2,1H3. The number of nitrogens with one attached hydrogen (secondary N) is 1. The van der Waals surface area contributed by atoms with Crippen molar-refractivity contribution < 1.29 is 42.5 Å². The number of anilines is 2. The quantitative estimate of drug-likeness (QED) is 0.0903. The number of esters is 2. The van der Waals surface area contributed by atoms with E-state index >= 15 is 0 Å². The molecule has 14 rings (SSSR count). The highest BCUT2D eigenvalue weighted by Gasteiger charge is 2.27. The molecule has 27 heteroatoms. The summed E-state index contributed by atoms with van der Waals surface area (Å²) >= 11 is 2.94. The third-order valence-electron chi connectivity index (χ3n) is 13.3. The van der Waals surface area contributed by atoms with Crippen molar-refractivity contribution in [1.82, 2.24) is 68.2 Å². The van der Waals surface area contributed by atoms with Crippen LogP contribution in [0.4, 0.5) is 25.8 Å². The molecule has 0 spiro atoms. The van der Waals surface area contributed by atoms with Crippen LogP contribution < -0.4 is 10.2 Å². The Balaban J connectivity index is 0.000000133. The molecule has 0 atom stereocenters. The number of imidazole rings is 3. The number of carbonyl (C=O) groups excluding carboxylic acids is 3. The van der Waals surface area contributed by atoms with Gasteiger partial charge in [0.25, 0.3) is 0 Å². The molecule has 88 heavy (non-hydrogen) atoms. The van der Waals surface area contributed by atoms with Crippen LogP contribution in [0, 0.1) is 11.6 Å². The molecule has 0 unspecified atom stereocenters. The molecule has 452 valence electrons. The molecule has 0 saturated heterocycles. The first kappa shape index (κ1) is 62.1. The van der Waals surface area contributed by atoms with Crippen molar-refractivity contribution in [2.45, 2.75) is 65.6 Å². The average molecular weight is 1260 g/mol. The van der Waals surface area contributed by atoms with Crippen molar-refractivity contribution in [3.05, 3.63) is 182 Å². The lowest BCUT2D eigenvalue weighted by atomic mass is 10.1. The molecule has 0 radical (unpaired) electrons. The zero-order valence-corrected chi connectivity index (χ0v) is 49.5. The molecule has 11 aromatic rings. The second kappa shape index (κ2) is 30.6. The van der Waals surface area contributed by atoms with Crippen molar-refractivity contribution in [1.29, 1.82) is 0 Å². The molecule has 0 saturated carbocycles. The summed E-state index contributed by atoms with van der Waals surface area (Å²) in [4.78, 5) is 79.8. The second-order valence-electron chi connectivity index (χ2n) is 19.2. The average Bonchev–Trinajstić information content (AvgIpc) is 3.99. The van der Waals surface area contributed by atoms with Crippen LogP contribution in [0.15, 0.2) is 158 Å². The fourth-order valence-corrected chi connectivity index (χ4v) is 9.52. The minimum Gasteiger partial charge on any atom is -0.480 e. The number of aromatic nitrogens is 14. The van der Waals surface area contributed by atoms with E-state index in [-0.39, 0.29) is 49.1 Å². The number of hydrogen-bond donors (Lipinski definition) is 2. The van der Waals surface area contributed by atoms with Gasteiger partial charge in [0.15, 0.2) is 16.9 Å². The predicted molar refractivity (Wildman–Crippen MR) is 328 cm³/mol. The minimum absolute atomic E-state index is 0.0374. The van der Waals surface area contributed by atoms with Crippen LogP contribution in [0.1, 0.15) is 43.8 Å². The maximum Gasteiger partial charge on any atom is 0.326 e. The van der Waals surface area contributed by atoms with Gasteiger partial charge in [0.05, 0.1) is 90.1 Å². The first-order valence-corrected chi connectivity index (χ1v) is 29.1. The number of aliphatic imine (C=N–C) groups is 1. The van der Waals surface area contributed by atoms with Crippen LogP contribution in [-0.2, 0) is 67.5 Å². The Morgan fingerprint density at radius 1 is 0.602 bits per heavy atom. The topological polar surface area (TPSA) is 275 Å². The molecule has 12 heterocycles. The van der Waals surface area contributed by atoms with Crippen molar-refractivity contribution in [2.75, 3.05) is 41.9 Å². The third-order valence-corrected chi connectivity index (χ3v) is 13.7. The Morgan fingerprint density at radius 2 is 1.11 bits per heavy atom. The van der Waals surface area contributed by atoms with Gasteiger partial charge in [-0.1, -0.05) is 15.9 Å². The number of fused-ring (bicyclic) bond motifs is 6. The molecule has 3 aliphatic heterocycles. The number of hydrogen-bond acceptors (Lipinski definition) is 17. The highest BCUT2D eigenvalue weighted by Crippen LogP contribution is 2.30. The zero-order valence-electron chi connectivity index (χ0n) is 47.9. The Hall–Kier alpha value is -10.4.